The van der Waals surface area contributed by atoms with E-state index in [1.165, 1.54) is 11.1 Å². The van der Waals surface area contributed by atoms with Crippen LogP contribution in [-0.2, 0) is 9.59 Å². The highest BCUT2D eigenvalue weighted by Gasteiger charge is 1.91. The number of hydrogen-bond donors (Lipinski definition) is 4. The quantitative estimate of drug-likeness (QED) is 0.660. The Morgan fingerprint density at radius 1 is 0.615 bits per heavy atom. The molecule has 0 amide bonds. The number of aliphatic hydroxyl groups is 2. The van der Waals surface area contributed by atoms with E-state index >= 15 is 0 Å². The van der Waals surface area contributed by atoms with E-state index in [-0.39, 0.29) is 12.8 Å². The van der Waals surface area contributed by atoms with Gasteiger partial charge in [-0.3, -0.25) is 9.59 Å². The lowest BCUT2D eigenvalue weighted by Crippen LogP contribution is -1.86. The summed E-state index contributed by atoms with van der Waals surface area (Å²) in [6.45, 7) is 3.20. The zero-order chi connectivity index (χ0) is 20.8. The Hall–Kier alpha value is -2.70. The maximum absolute atomic E-state index is 9.37. The molecule has 0 atom stereocenters. The van der Waals surface area contributed by atoms with Gasteiger partial charge in [-0.1, -0.05) is 74.5 Å². The predicted octanol–water partition coefficient (Wildman–Crippen LogP) is 3.53. The Bertz CT molecular complexity index is 489. The molecule has 0 aliphatic rings. The van der Waals surface area contributed by atoms with Crippen LogP contribution in [0, 0.1) is 0 Å². The van der Waals surface area contributed by atoms with Crippen molar-refractivity contribution >= 4 is 11.9 Å². The lowest BCUT2D eigenvalue weighted by molar-refractivity contribution is -0.137. The Labute approximate surface area is 155 Å². The van der Waals surface area contributed by atoms with Gasteiger partial charge in [-0.2, -0.15) is 0 Å². The zero-order valence-corrected chi connectivity index (χ0v) is 15.8. The highest BCUT2D eigenvalue weighted by atomic mass is 16.4. The van der Waals surface area contributed by atoms with Crippen molar-refractivity contribution in [3.63, 3.8) is 0 Å². The van der Waals surface area contributed by atoms with Crippen LogP contribution in [0.25, 0.3) is 11.1 Å². The van der Waals surface area contributed by atoms with Gasteiger partial charge in [0.15, 0.2) is 0 Å². The minimum atomic E-state index is -0.745. The molecule has 0 saturated carbocycles. The van der Waals surface area contributed by atoms with Crippen LogP contribution in [-0.4, -0.2) is 46.6 Å². The molecule has 0 aliphatic heterocycles. The first-order chi connectivity index (χ1) is 12.5. The van der Waals surface area contributed by atoms with Crippen molar-refractivity contribution in [2.24, 2.45) is 0 Å². The summed E-state index contributed by atoms with van der Waals surface area (Å²) < 4.78 is 0. The molecular weight excluding hydrogens is 336 g/mol. The molecule has 0 aliphatic carbocycles. The van der Waals surface area contributed by atoms with Crippen LogP contribution in [0.15, 0.2) is 60.7 Å². The fourth-order valence-electron chi connectivity index (χ4n) is 1.26. The Balaban J connectivity index is -0.000000320. The molecular formula is C20H30O6. The predicted molar refractivity (Wildman–Crippen MR) is 104 cm³/mol. The van der Waals surface area contributed by atoms with Crippen LogP contribution in [0.5, 0.6) is 0 Å². The lowest BCUT2D eigenvalue weighted by atomic mass is 10.1. The van der Waals surface area contributed by atoms with Gasteiger partial charge < -0.3 is 20.4 Å². The topological polar surface area (TPSA) is 115 Å². The molecule has 0 heterocycles. The summed E-state index contributed by atoms with van der Waals surface area (Å²) >= 11 is 0. The van der Waals surface area contributed by atoms with Crippen molar-refractivity contribution in [1.82, 2.24) is 0 Å². The molecule has 0 aromatic heterocycles. The number of hydrogen-bond acceptors (Lipinski definition) is 4. The third-order valence-corrected chi connectivity index (χ3v) is 2.49. The Morgan fingerprint density at radius 3 is 0.962 bits per heavy atom. The van der Waals surface area contributed by atoms with Gasteiger partial charge in [-0.15, -0.1) is 0 Å². The third kappa shape index (κ3) is 19.3. The first kappa shape index (κ1) is 28.1. The SMILES string of the molecule is CCC(=O)O.CCC(=O)O.CO.CO.c1ccc(-c2ccccc2)cc1. The largest absolute Gasteiger partial charge is 0.481 e. The average molecular weight is 366 g/mol. The molecule has 0 fully saturated rings. The molecule has 6 nitrogen and oxygen atoms in total. The molecule has 0 bridgehead atoms. The summed E-state index contributed by atoms with van der Waals surface area (Å²) in [6, 6.07) is 20.8. The number of benzene rings is 2. The van der Waals surface area contributed by atoms with Crippen molar-refractivity contribution in [1.29, 1.82) is 0 Å². The molecule has 0 spiro atoms. The summed E-state index contributed by atoms with van der Waals surface area (Å²) in [7, 11) is 2.00. The molecule has 26 heavy (non-hydrogen) atoms. The van der Waals surface area contributed by atoms with Crippen molar-refractivity contribution in [2.75, 3.05) is 14.2 Å². The van der Waals surface area contributed by atoms with E-state index in [2.05, 4.69) is 48.5 Å². The van der Waals surface area contributed by atoms with E-state index in [4.69, 9.17) is 20.4 Å². The summed E-state index contributed by atoms with van der Waals surface area (Å²) in [4.78, 5) is 18.7. The molecule has 2 rings (SSSR count). The van der Waals surface area contributed by atoms with Crippen molar-refractivity contribution in [2.45, 2.75) is 26.7 Å². The second-order valence-corrected chi connectivity index (χ2v) is 4.23. The minimum absolute atomic E-state index is 0.222. The molecule has 2 aromatic carbocycles. The summed E-state index contributed by atoms with van der Waals surface area (Å²) in [5.74, 6) is -1.49. The van der Waals surface area contributed by atoms with E-state index in [1.54, 1.807) is 13.8 Å². The minimum Gasteiger partial charge on any atom is -0.481 e. The maximum atomic E-state index is 9.37. The second-order valence-electron chi connectivity index (χ2n) is 4.23. The number of carboxylic acid groups (broad SMARTS) is 2. The monoisotopic (exact) mass is 366 g/mol. The fourth-order valence-corrected chi connectivity index (χ4v) is 1.26. The summed E-state index contributed by atoms with van der Waals surface area (Å²) in [6.07, 6.45) is 0.444. The molecule has 0 radical (unpaired) electrons. The molecule has 0 saturated heterocycles. The highest BCUT2D eigenvalue weighted by Crippen LogP contribution is 2.17. The number of carboxylic acids is 2. The molecule has 146 valence electrons. The van der Waals surface area contributed by atoms with Gasteiger partial charge in [-0.05, 0) is 11.1 Å². The molecule has 4 N–H and O–H groups in total. The van der Waals surface area contributed by atoms with Gasteiger partial charge in [0.2, 0.25) is 0 Å². The van der Waals surface area contributed by atoms with Crippen molar-refractivity contribution < 1.29 is 30.0 Å². The molecule has 0 unspecified atom stereocenters. The highest BCUT2D eigenvalue weighted by molar-refractivity contribution is 5.66. The van der Waals surface area contributed by atoms with Gasteiger partial charge in [0.05, 0.1) is 0 Å². The smallest absolute Gasteiger partial charge is 0.303 e. The van der Waals surface area contributed by atoms with E-state index in [1.807, 2.05) is 12.1 Å². The van der Waals surface area contributed by atoms with Gasteiger partial charge in [0, 0.05) is 27.1 Å². The van der Waals surface area contributed by atoms with Crippen LogP contribution in [0.4, 0.5) is 0 Å². The van der Waals surface area contributed by atoms with Crippen LogP contribution in [0.1, 0.15) is 26.7 Å². The zero-order valence-electron chi connectivity index (χ0n) is 15.8. The number of carbonyl (C=O) groups is 2. The molecule has 6 heteroatoms. The standard InChI is InChI=1S/C12H10.2C3H6O2.2CH4O/c1-3-7-11(8-4-1)12-9-5-2-6-10-12;2*1-2-3(4)5;2*1-2/h1-10H;2*2H2,1H3,(H,4,5);2*2H,1H3. The van der Waals surface area contributed by atoms with Crippen LogP contribution < -0.4 is 0 Å². The summed E-state index contributed by atoms with van der Waals surface area (Å²) in [5, 5.41) is 29.4. The van der Waals surface area contributed by atoms with E-state index in [0.717, 1.165) is 14.2 Å². The lowest BCUT2D eigenvalue weighted by Gasteiger charge is -1.98. The Kier molecular flexibility index (Phi) is 24.1. The average Bonchev–Trinajstić information content (AvgIpc) is 2.73. The van der Waals surface area contributed by atoms with Gasteiger partial charge >= 0.3 is 11.9 Å². The van der Waals surface area contributed by atoms with Crippen LogP contribution in [0.2, 0.25) is 0 Å². The Morgan fingerprint density at radius 2 is 0.808 bits per heavy atom. The van der Waals surface area contributed by atoms with Crippen LogP contribution in [0.3, 0.4) is 0 Å². The van der Waals surface area contributed by atoms with E-state index in [9.17, 15) is 9.59 Å². The first-order valence-corrected chi connectivity index (χ1v) is 7.94. The number of aliphatic carboxylic acids is 2. The van der Waals surface area contributed by atoms with Gasteiger partial charge in [0.1, 0.15) is 0 Å². The van der Waals surface area contributed by atoms with Crippen LogP contribution >= 0.6 is 0 Å². The molecule has 2 aromatic rings. The van der Waals surface area contributed by atoms with E-state index < -0.39 is 11.9 Å². The first-order valence-electron chi connectivity index (χ1n) is 7.94. The maximum Gasteiger partial charge on any atom is 0.303 e. The normalized spacial score (nSPS) is 7.77. The third-order valence-electron chi connectivity index (χ3n) is 2.49. The number of aliphatic hydroxyl groups excluding tert-OH is 2. The van der Waals surface area contributed by atoms with Crippen molar-refractivity contribution in [3.05, 3.63) is 60.7 Å². The van der Waals surface area contributed by atoms with Gasteiger partial charge in [0.25, 0.3) is 0 Å². The van der Waals surface area contributed by atoms with Gasteiger partial charge in [-0.25, -0.2) is 0 Å². The summed E-state index contributed by atoms with van der Waals surface area (Å²) in [5.41, 5.74) is 2.55. The fraction of sp³-hybridized carbons (Fsp3) is 0.300. The second kappa shape index (κ2) is 22.3. The number of rotatable bonds is 3. The van der Waals surface area contributed by atoms with E-state index in [0.29, 0.717) is 0 Å². The van der Waals surface area contributed by atoms with Crippen molar-refractivity contribution in [3.8, 4) is 11.1 Å².